The first kappa shape index (κ1) is 8.98. The monoisotopic (exact) mass is 108 g/mol. The van der Waals surface area contributed by atoms with E-state index in [4.69, 9.17) is 0 Å². The maximum absolute atomic E-state index is 4.64. The molecule has 0 aromatic rings. The lowest BCUT2D eigenvalue weighted by Crippen LogP contribution is -1.29. The molecule has 0 aromatic heterocycles. The molecule has 0 fully saturated rings. The van der Waals surface area contributed by atoms with Crippen molar-refractivity contribution in [2.45, 2.75) is 0 Å². The Morgan fingerprint density at radius 3 is 1.80 bits per heavy atom. The van der Waals surface area contributed by atoms with Crippen LogP contribution in [0.15, 0.2) is 12.3 Å². The van der Waals surface area contributed by atoms with E-state index in [9.17, 15) is 0 Å². The van der Waals surface area contributed by atoms with Crippen LogP contribution < -0.4 is 0 Å². The average molecular weight is 109 g/mol. The van der Waals surface area contributed by atoms with Gasteiger partial charge in [-0.1, -0.05) is 0 Å². The van der Waals surface area contributed by atoms with Gasteiger partial charge in [0.15, 0.2) is 0 Å². The molecule has 0 spiro atoms. The van der Waals surface area contributed by atoms with Gasteiger partial charge in [-0.15, -0.1) is 23.9 Å². The van der Waals surface area contributed by atoms with Gasteiger partial charge >= 0.3 is 0 Å². The molecule has 0 aliphatic rings. The van der Waals surface area contributed by atoms with Crippen LogP contribution in [-0.4, -0.2) is 16.6 Å². The molecule has 0 aromatic carbocycles. The van der Waals surface area contributed by atoms with E-state index in [1.54, 1.807) is 0 Å². The Morgan fingerprint density at radius 2 is 1.80 bits per heavy atom. The largest absolute Gasteiger partial charge is 0.130 e. The molecule has 0 nitrogen and oxygen atoms in total. The quantitative estimate of drug-likeness (QED) is 0.310. The van der Waals surface area contributed by atoms with Crippen molar-refractivity contribution in [3.8, 4) is 0 Å². The van der Waals surface area contributed by atoms with Crippen molar-refractivity contribution >= 4 is 21.8 Å². The maximum Gasteiger partial charge on any atom is 0.0283 e. The number of hydrogen-bond acceptors (Lipinski definition) is 0. The second-order valence-corrected chi connectivity index (χ2v) is 1.22. The molecule has 0 heterocycles. The minimum atomic E-state index is 1.13. The molecule has 0 unspecified atom stereocenters. The Balaban J connectivity index is 0. The highest BCUT2D eigenvalue weighted by Crippen LogP contribution is 1.34. The lowest BCUT2D eigenvalue weighted by Gasteiger charge is -1.29. The van der Waals surface area contributed by atoms with E-state index in [1.807, 2.05) is 5.70 Å². The average Bonchev–Trinajstić information content (AvgIpc) is 1.46. The fourth-order valence-electron chi connectivity index (χ4n) is 0. The fourth-order valence-corrected chi connectivity index (χ4v) is 0. The van der Waals surface area contributed by atoms with Crippen molar-refractivity contribution in [1.29, 1.82) is 0 Å². The summed E-state index contributed by atoms with van der Waals surface area (Å²) in [6.45, 7) is 3.42. The van der Waals surface area contributed by atoms with Crippen molar-refractivity contribution in [2.75, 3.05) is 6.38 Å². The van der Waals surface area contributed by atoms with Crippen LogP contribution in [0.1, 0.15) is 0 Å². The summed E-state index contributed by atoms with van der Waals surface area (Å²) in [5.41, 5.74) is 1.89. The molecule has 5 heavy (non-hydrogen) atoms. The molecule has 0 radical (unpaired) electrons. The van der Waals surface area contributed by atoms with Crippen LogP contribution in [0.4, 0.5) is 0 Å². The molecule has 0 aliphatic heterocycles. The van der Waals surface area contributed by atoms with E-state index < -0.39 is 0 Å². The zero-order valence-electron chi connectivity index (χ0n) is 3.66. The number of alkyl halides is 1. The van der Waals surface area contributed by atoms with Crippen molar-refractivity contribution in [3.05, 3.63) is 12.3 Å². The Hall–Kier alpha value is 0.247. The highest BCUT2D eigenvalue weighted by Gasteiger charge is 1.16. The third-order valence-electron chi connectivity index (χ3n) is 0. The molecular weight excluding hydrogens is 99.6 g/mol. The van der Waals surface area contributed by atoms with Crippen LogP contribution in [0.2, 0.25) is 0 Å². The van der Waals surface area contributed by atoms with Crippen molar-refractivity contribution in [2.24, 2.45) is 0 Å². The molecule has 0 bridgehead atoms. The zero-order chi connectivity index (χ0) is 4.71. The molecule has 0 amide bonds. The lowest BCUT2D eigenvalue weighted by atomic mass is 11.3. The standard InChI is InChI=1S/C2H6Si.CH3Cl/c1-2-3;1-2/h2H,1H2,3H3;1H3. The molecule has 32 valence electrons. The summed E-state index contributed by atoms with van der Waals surface area (Å²) in [6.07, 6.45) is 1.47. The van der Waals surface area contributed by atoms with Crippen LogP contribution in [-0.2, 0) is 0 Å². The maximum atomic E-state index is 4.64. The summed E-state index contributed by atoms with van der Waals surface area (Å²) in [5.74, 6) is 0. The third-order valence-corrected chi connectivity index (χ3v) is 0. The highest BCUT2D eigenvalue weighted by atomic mass is 35.5. The Morgan fingerprint density at radius 1 is 1.80 bits per heavy atom. The minimum Gasteiger partial charge on any atom is -0.130 e. The molecule has 0 N–H and O–H groups in total. The van der Waals surface area contributed by atoms with Gasteiger partial charge in [-0.3, -0.25) is 0 Å². The summed E-state index contributed by atoms with van der Waals surface area (Å²) in [6, 6.07) is 0. The van der Waals surface area contributed by atoms with Crippen molar-refractivity contribution in [3.63, 3.8) is 0 Å². The van der Waals surface area contributed by atoms with Gasteiger partial charge in [0.1, 0.15) is 0 Å². The SMILES string of the molecule is C=C[SiH3].CCl. The third kappa shape index (κ3) is 352. The van der Waals surface area contributed by atoms with Gasteiger partial charge in [0.05, 0.1) is 0 Å². The summed E-state index contributed by atoms with van der Waals surface area (Å²) >= 11 is 4.64. The van der Waals surface area contributed by atoms with Gasteiger partial charge in [0, 0.05) is 16.6 Å². The predicted molar refractivity (Wildman–Crippen MR) is 31.9 cm³/mol. The first-order chi connectivity index (χ1) is 2.41. The van der Waals surface area contributed by atoms with Crippen LogP contribution in [0.3, 0.4) is 0 Å². The summed E-state index contributed by atoms with van der Waals surface area (Å²) in [4.78, 5) is 0. The van der Waals surface area contributed by atoms with E-state index in [0.29, 0.717) is 0 Å². The van der Waals surface area contributed by atoms with Gasteiger partial charge in [0.25, 0.3) is 0 Å². The fraction of sp³-hybridized carbons (Fsp3) is 0.333. The van der Waals surface area contributed by atoms with Crippen LogP contribution in [0, 0.1) is 0 Å². The van der Waals surface area contributed by atoms with Gasteiger partial charge in [-0.25, -0.2) is 0 Å². The van der Waals surface area contributed by atoms with E-state index >= 15 is 0 Å². The van der Waals surface area contributed by atoms with Crippen molar-refractivity contribution in [1.82, 2.24) is 0 Å². The zero-order valence-corrected chi connectivity index (χ0v) is 6.42. The summed E-state index contributed by atoms with van der Waals surface area (Å²) in [7, 11) is 1.13. The normalized spacial score (nSPS) is 4.40. The second-order valence-electron chi connectivity index (χ2n) is 0.408. The van der Waals surface area contributed by atoms with Gasteiger partial charge in [-0.2, -0.15) is 0 Å². The van der Waals surface area contributed by atoms with Gasteiger partial charge in [0.2, 0.25) is 0 Å². The topological polar surface area (TPSA) is 0 Å². The Kier molecular flexibility index (Phi) is 51.7. The van der Waals surface area contributed by atoms with E-state index in [-0.39, 0.29) is 0 Å². The minimum absolute atomic E-state index is 1.13. The van der Waals surface area contributed by atoms with Gasteiger partial charge < -0.3 is 0 Å². The lowest BCUT2D eigenvalue weighted by molar-refractivity contribution is 2.46. The molecule has 0 saturated carbocycles. The van der Waals surface area contributed by atoms with E-state index in [2.05, 4.69) is 18.2 Å². The van der Waals surface area contributed by atoms with Gasteiger partial charge in [-0.05, 0) is 0 Å². The Labute approximate surface area is 41.3 Å². The van der Waals surface area contributed by atoms with E-state index in [1.165, 1.54) is 6.38 Å². The number of rotatable bonds is 0. The van der Waals surface area contributed by atoms with Crippen LogP contribution >= 0.6 is 11.6 Å². The molecule has 2 heteroatoms. The predicted octanol–water partition coefficient (Wildman–Crippen LogP) is 0.350. The molecule has 0 atom stereocenters. The van der Waals surface area contributed by atoms with Crippen LogP contribution in [0.25, 0.3) is 0 Å². The molecular formula is C3H9ClSi. The smallest absolute Gasteiger partial charge is 0.0283 e. The van der Waals surface area contributed by atoms with Crippen molar-refractivity contribution < 1.29 is 0 Å². The van der Waals surface area contributed by atoms with Crippen LogP contribution in [0.5, 0.6) is 0 Å². The Bertz CT molecular complexity index is 14.4. The molecule has 0 aliphatic carbocycles. The number of hydrogen-bond donors (Lipinski definition) is 0. The first-order valence-electron chi connectivity index (χ1n) is 1.36. The summed E-state index contributed by atoms with van der Waals surface area (Å²) in [5, 5.41) is 0. The van der Waals surface area contributed by atoms with E-state index in [0.717, 1.165) is 10.2 Å². The summed E-state index contributed by atoms with van der Waals surface area (Å²) < 4.78 is 0. The number of halogens is 1. The second kappa shape index (κ2) is 28.8. The highest BCUT2D eigenvalue weighted by molar-refractivity contribution is 6.16. The first-order valence-corrected chi connectivity index (χ1v) is 3.27. The molecule has 0 saturated heterocycles. The molecule has 0 rings (SSSR count).